The van der Waals surface area contributed by atoms with Crippen molar-refractivity contribution in [3.8, 4) is 5.75 Å². The first-order valence-corrected chi connectivity index (χ1v) is 8.35. The summed E-state index contributed by atoms with van der Waals surface area (Å²) in [6, 6.07) is 18.7. The summed E-state index contributed by atoms with van der Waals surface area (Å²) >= 11 is 0. The lowest BCUT2D eigenvalue weighted by molar-refractivity contribution is -0.122. The minimum atomic E-state index is -0.372. The maximum Gasteiger partial charge on any atom is 0.224 e. The summed E-state index contributed by atoms with van der Waals surface area (Å²) in [6.45, 7) is 0.280. The van der Waals surface area contributed by atoms with Crippen molar-refractivity contribution < 1.29 is 13.9 Å². The second-order valence-electron chi connectivity index (χ2n) is 5.74. The Morgan fingerprint density at radius 3 is 2.31 bits per heavy atom. The maximum absolute atomic E-state index is 13.2. The van der Waals surface area contributed by atoms with Gasteiger partial charge in [-0.25, -0.2) is 4.39 Å². The van der Waals surface area contributed by atoms with Gasteiger partial charge in [-0.05, 0) is 47.5 Å². The number of ether oxygens (including phenoxy) is 1. The molecule has 132 valence electrons. The summed E-state index contributed by atoms with van der Waals surface area (Å²) in [5.41, 5.74) is 1.68. The van der Waals surface area contributed by atoms with Gasteiger partial charge >= 0.3 is 0 Å². The number of nitrogens with one attached hydrogen (secondary N) is 1. The number of carbonyl (C=O) groups is 1. The minimum absolute atomic E-state index is 0.146. The molecule has 1 amide bonds. The summed E-state index contributed by atoms with van der Waals surface area (Å²) in [7, 11) is 0. The molecule has 0 aliphatic rings. The van der Waals surface area contributed by atoms with Crippen molar-refractivity contribution in [3.05, 3.63) is 96.1 Å². The molecule has 0 aliphatic carbocycles. The largest absolute Gasteiger partial charge is 0.493 e. The van der Waals surface area contributed by atoms with E-state index in [0.717, 1.165) is 16.9 Å². The standard InChI is InChI=1S/C21H19FN2O2/c22-18-8-6-16(7-9-18)21(17-10-13-23-14-11-17)24-20(25)12-15-26-19-4-2-1-3-5-19/h1-11,13-14,21H,12,15H2,(H,24,25)/t21-/m0/s1. The van der Waals surface area contributed by atoms with Crippen molar-refractivity contribution in [2.75, 3.05) is 6.61 Å². The van der Waals surface area contributed by atoms with E-state index in [2.05, 4.69) is 10.3 Å². The van der Waals surface area contributed by atoms with Crippen LogP contribution in [-0.4, -0.2) is 17.5 Å². The van der Waals surface area contributed by atoms with Gasteiger partial charge in [0, 0.05) is 12.4 Å². The van der Waals surface area contributed by atoms with E-state index in [1.54, 1.807) is 24.5 Å². The van der Waals surface area contributed by atoms with Crippen LogP contribution in [0.4, 0.5) is 4.39 Å². The lowest BCUT2D eigenvalue weighted by Gasteiger charge is -2.20. The first-order chi connectivity index (χ1) is 12.7. The quantitative estimate of drug-likeness (QED) is 0.703. The van der Waals surface area contributed by atoms with Gasteiger partial charge in [0.15, 0.2) is 0 Å². The fraction of sp³-hybridized carbons (Fsp3) is 0.143. The van der Waals surface area contributed by atoms with Crippen LogP contribution in [0, 0.1) is 5.82 Å². The van der Waals surface area contributed by atoms with Crippen molar-refractivity contribution in [1.82, 2.24) is 10.3 Å². The van der Waals surface area contributed by atoms with E-state index in [1.807, 2.05) is 42.5 Å². The zero-order valence-corrected chi connectivity index (χ0v) is 14.1. The molecule has 0 fully saturated rings. The smallest absolute Gasteiger partial charge is 0.224 e. The number of para-hydroxylation sites is 1. The Labute approximate surface area is 151 Å². The Hall–Kier alpha value is -3.21. The molecule has 4 nitrogen and oxygen atoms in total. The number of hydrogen-bond donors (Lipinski definition) is 1. The van der Waals surface area contributed by atoms with Gasteiger partial charge in [0.05, 0.1) is 19.1 Å². The first-order valence-electron chi connectivity index (χ1n) is 8.35. The minimum Gasteiger partial charge on any atom is -0.493 e. The molecule has 1 heterocycles. The van der Waals surface area contributed by atoms with Gasteiger partial charge in [-0.2, -0.15) is 0 Å². The molecular weight excluding hydrogens is 331 g/mol. The predicted molar refractivity (Wildman–Crippen MR) is 97.2 cm³/mol. The molecule has 1 N–H and O–H groups in total. The topological polar surface area (TPSA) is 51.2 Å². The highest BCUT2D eigenvalue weighted by molar-refractivity contribution is 5.77. The summed E-state index contributed by atoms with van der Waals surface area (Å²) in [4.78, 5) is 16.4. The van der Waals surface area contributed by atoms with Crippen LogP contribution >= 0.6 is 0 Å². The lowest BCUT2D eigenvalue weighted by Crippen LogP contribution is -2.30. The molecule has 0 radical (unpaired) electrons. The number of aromatic nitrogens is 1. The average molecular weight is 350 g/mol. The Kier molecular flexibility index (Phi) is 5.93. The zero-order chi connectivity index (χ0) is 18.2. The van der Waals surface area contributed by atoms with Gasteiger partial charge in [0.1, 0.15) is 11.6 Å². The number of carbonyl (C=O) groups excluding carboxylic acids is 1. The molecule has 1 aromatic heterocycles. The molecule has 0 saturated heterocycles. The number of pyridine rings is 1. The molecule has 0 saturated carbocycles. The van der Waals surface area contributed by atoms with E-state index in [-0.39, 0.29) is 30.8 Å². The van der Waals surface area contributed by atoms with Crippen LogP contribution in [0.3, 0.4) is 0 Å². The third-order valence-electron chi connectivity index (χ3n) is 3.89. The highest BCUT2D eigenvalue weighted by atomic mass is 19.1. The fourth-order valence-corrected chi connectivity index (χ4v) is 2.58. The molecule has 0 unspecified atom stereocenters. The van der Waals surface area contributed by atoms with Crippen LogP contribution in [0.25, 0.3) is 0 Å². The third-order valence-corrected chi connectivity index (χ3v) is 3.89. The molecular formula is C21H19FN2O2. The molecule has 26 heavy (non-hydrogen) atoms. The number of rotatable bonds is 7. The molecule has 0 aliphatic heterocycles. The molecule has 2 aromatic carbocycles. The van der Waals surface area contributed by atoms with Gasteiger partial charge in [-0.3, -0.25) is 9.78 Å². The molecule has 0 spiro atoms. The van der Waals surface area contributed by atoms with Gasteiger partial charge in [0.25, 0.3) is 0 Å². The Morgan fingerprint density at radius 2 is 1.62 bits per heavy atom. The SMILES string of the molecule is O=C(CCOc1ccccc1)N[C@H](c1ccncc1)c1ccc(F)cc1. The third kappa shape index (κ3) is 4.89. The Morgan fingerprint density at radius 1 is 0.962 bits per heavy atom. The first kappa shape index (κ1) is 17.6. The second-order valence-corrected chi connectivity index (χ2v) is 5.74. The van der Waals surface area contributed by atoms with Crippen LogP contribution in [0.1, 0.15) is 23.6 Å². The van der Waals surface area contributed by atoms with E-state index in [0.29, 0.717) is 0 Å². The molecule has 1 atom stereocenters. The van der Waals surface area contributed by atoms with Crippen molar-refractivity contribution in [2.45, 2.75) is 12.5 Å². The van der Waals surface area contributed by atoms with Crippen molar-refractivity contribution in [1.29, 1.82) is 0 Å². The summed E-state index contributed by atoms with van der Waals surface area (Å²) in [5.74, 6) is 0.265. The lowest BCUT2D eigenvalue weighted by atomic mass is 9.99. The summed E-state index contributed by atoms with van der Waals surface area (Å²) in [6.07, 6.45) is 3.55. The number of nitrogens with zero attached hydrogens (tertiary/aromatic N) is 1. The van der Waals surface area contributed by atoms with Gasteiger partial charge in [0.2, 0.25) is 5.91 Å². The highest BCUT2D eigenvalue weighted by Gasteiger charge is 2.17. The molecule has 3 aromatic rings. The van der Waals surface area contributed by atoms with E-state index in [4.69, 9.17) is 4.74 Å². The van der Waals surface area contributed by atoms with Crippen LogP contribution in [-0.2, 0) is 4.79 Å². The summed E-state index contributed by atoms with van der Waals surface area (Å²) in [5, 5.41) is 2.99. The molecule has 0 bridgehead atoms. The van der Waals surface area contributed by atoms with E-state index in [1.165, 1.54) is 12.1 Å². The van der Waals surface area contributed by atoms with E-state index < -0.39 is 0 Å². The van der Waals surface area contributed by atoms with Crippen LogP contribution < -0.4 is 10.1 Å². The normalized spacial score (nSPS) is 11.6. The predicted octanol–water partition coefficient (Wildman–Crippen LogP) is 3.90. The van der Waals surface area contributed by atoms with E-state index in [9.17, 15) is 9.18 Å². The van der Waals surface area contributed by atoms with Crippen molar-refractivity contribution >= 4 is 5.91 Å². The van der Waals surface area contributed by atoms with Gasteiger partial charge in [-0.1, -0.05) is 30.3 Å². The molecule has 5 heteroatoms. The maximum atomic E-state index is 13.2. The van der Waals surface area contributed by atoms with Crippen molar-refractivity contribution in [2.24, 2.45) is 0 Å². The number of benzene rings is 2. The Balaban J connectivity index is 1.65. The second kappa shape index (κ2) is 8.76. The van der Waals surface area contributed by atoms with Crippen LogP contribution in [0.15, 0.2) is 79.1 Å². The summed E-state index contributed by atoms with van der Waals surface area (Å²) < 4.78 is 18.8. The molecule has 3 rings (SSSR count). The highest BCUT2D eigenvalue weighted by Crippen LogP contribution is 2.22. The fourth-order valence-electron chi connectivity index (χ4n) is 2.58. The zero-order valence-electron chi connectivity index (χ0n) is 14.1. The number of amides is 1. The van der Waals surface area contributed by atoms with Crippen LogP contribution in [0.5, 0.6) is 5.75 Å². The number of halogens is 1. The van der Waals surface area contributed by atoms with Crippen LogP contribution in [0.2, 0.25) is 0 Å². The Bertz CT molecular complexity index is 824. The number of hydrogen-bond acceptors (Lipinski definition) is 3. The van der Waals surface area contributed by atoms with E-state index >= 15 is 0 Å². The average Bonchev–Trinajstić information content (AvgIpc) is 2.68. The monoisotopic (exact) mass is 350 g/mol. The van der Waals surface area contributed by atoms with Crippen molar-refractivity contribution in [3.63, 3.8) is 0 Å². The van der Waals surface area contributed by atoms with Gasteiger partial charge in [-0.15, -0.1) is 0 Å². The van der Waals surface area contributed by atoms with Gasteiger partial charge < -0.3 is 10.1 Å².